The summed E-state index contributed by atoms with van der Waals surface area (Å²) in [6.45, 7) is 0.282. The minimum absolute atomic E-state index is 0.00507. The first-order valence-corrected chi connectivity index (χ1v) is 21.8. The first-order valence-electron chi connectivity index (χ1n) is 21.8. The van der Waals surface area contributed by atoms with Crippen molar-refractivity contribution in [3.8, 4) is 23.0 Å². The Hall–Kier alpha value is -9.80. The molecule has 0 spiro atoms. The lowest BCUT2D eigenvalue weighted by molar-refractivity contribution is -0.389. The van der Waals surface area contributed by atoms with Crippen molar-refractivity contribution in [3.63, 3.8) is 0 Å². The molecule has 4 aromatic carbocycles. The maximum Gasteiger partial charge on any atom is 0.390 e. The van der Waals surface area contributed by atoms with Crippen LogP contribution in [0, 0.1) is 10.1 Å². The molecule has 0 aliphatic rings. The number of rotatable bonds is 20. The number of methoxy groups -OCH3 is 5. The fourth-order valence-corrected chi connectivity index (χ4v) is 7.38. The van der Waals surface area contributed by atoms with E-state index in [-0.39, 0.29) is 66.4 Å². The van der Waals surface area contributed by atoms with E-state index in [0.717, 1.165) is 17.2 Å². The lowest BCUT2D eigenvalue weighted by Crippen LogP contribution is -2.19. The molecule has 0 aliphatic heterocycles. The van der Waals surface area contributed by atoms with Crippen LogP contribution in [0.1, 0.15) is 64.2 Å². The number of hydrogen-bond acceptors (Lipinski definition) is 15. The number of nitrogens with zero attached hydrogens (tertiary/aromatic N) is 9. The van der Waals surface area contributed by atoms with Gasteiger partial charge in [-0.1, -0.05) is 48.5 Å². The van der Waals surface area contributed by atoms with Gasteiger partial charge >= 0.3 is 11.8 Å². The van der Waals surface area contributed by atoms with Gasteiger partial charge in [-0.3, -0.25) is 28.4 Å². The summed E-state index contributed by atoms with van der Waals surface area (Å²) in [4.78, 5) is 66.4. The zero-order chi connectivity index (χ0) is 50.9. The topological polar surface area (TPSA) is 265 Å². The minimum Gasteiger partial charge on any atom is -0.497 e. The highest BCUT2D eigenvalue weighted by atomic mass is 16.6. The van der Waals surface area contributed by atoms with E-state index >= 15 is 0 Å². The minimum atomic E-state index is -0.789. The lowest BCUT2D eigenvalue weighted by Gasteiger charge is -2.09. The number of benzene rings is 4. The number of ether oxygens (including phenoxy) is 5. The Balaban J connectivity index is 1.09. The van der Waals surface area contributed by atoms with Crippen molar-refractivity contribution < 1.29 is 47.8 Å². The van der Waals surface area contributed by atoms with Gasteiger partial charge in [0.25, 0.3) is 17.7 Å². The predicted octanol–water partition coefficient (Wildman–Crippen LogP) is 6.15. The van der Waals surface area contributed by atoms with Crippen molar-refractivity contribution in [2.45, 2.75) is 26.2 Å². The summed E-state index contributed by atoms with van der Waals surface area (Å²) < 4.78 is 31.5. The third kappa shape index (κ3) is 11.4. The van der Waals surface area contributed by atoms with E-state index in [0.29, 0.717) is 34.1 Å². The summed E-state index contributed by atoms with van der Waals surface area (Å²) in [5.74, 6) is -1.04. The average Bonchev–Trinajstić information content (AvgIpc) is 4.20. The van der Waals surface area contributed by atoms with Crippen LogP contribution in [0.3, 0.4) is 0 Å². The summed E-state index contributed by atoms with van der Waals surface area (Å²) in [5, 5.41) is 37.7. The maximum atomic E-state index is 14.4. The molecule has 0 saturated heterocycles. The van der Waals surface area contributed by atoms with Gasteiger partial charge in [0.05, 0.1) is 72.9 Å². The summed E-state index contributed by atoms with van der Waals surface area (Å²) in [7, 11) is 7.38. The van der Waals surface area contributed by atoms with E-state index in [1.54, 1.807) is 99.1 Å². The van der Waals surface area contributed by atoms with Crippen LogP contribution in [-0.2, 0) is 30.9 Å². The number of amides is 3. The van der Waals surface area contributed by atoms with Crippen molar-refractivity contribution in [1.29, 1.82) is 0 Å². The molecule has 23 heteroatoms. The fraction of sp³-hybridized carbons (Fsp3) is 0.184. The Kier molecular flexibility index (Phi) is 14.6. The number of nitro groups is 1. The van der Waals surface area contributed by atoms with Gasteiger partial charge in [0, 0.05) is 18.2 Å². The first kappa shape index (κ1) is 48.6. The Morgan fingerprint density at radius 2 is 0.722 bits per heavy atom. The molecule has 8 aromatic rings. The fourth-order valence-electron chi connectivity index (χ4n) is 7.38. The van der Waals surface area contributed by atoms with Crippen molar-refractivity contribution >= 4 is 47.0 Å². The van der Waals surface area contributed by atoms with Crippen molar-refractivity contribution in [3.05, 3.63) is 176 Å². The molecule has 72 heavy (non-hydrogen) atoms. The van der Waals surface area contributed by atoms with Gasteiger partial charge in [0.15, 0.2) is 23.1 Å². The van der Waals surface area contributed by atoms with Crippen LogP contribution in [0.25, 0.3) is 0 Å². The molecule has 3 amide bonds. The molecule has 23 nitrogen and oxygen atoms in total. The number of hydrogen-bond donors (Lipinski definition) is 3. The van der Waals surface area contributed by atoms with Gasteiger partial charge in [-0.15, -0.1) is 0 Å². The molecule has 8 rings (SSSR count). The molecular formula is C49H46N12O11. The van der Waals surface area contributed by atoms with E-state index in [9.17, 15) is 29.3 Å². The van der Waals surface area contributed by atoms with Crippen LogP contribution >= 0.6 is 0 Å². The molecule has 0 fully saturated rings. The van der Waals surface area contributed by atoms with Crippen LogP contribution in [0.2, 0.25) is 0 Å². The number of carbonyl (C=O) groups is 4. The molecule has 368 valence electrons. The largest absolute Gasteiger partial charge is 0.497 e. The molecule has 0 aliphatic carbocycles. The highest BCUT2D eigenvalue weighted by molar-refractivity contribution is 6.07. The van der Waals surface area contributed by atoms with Gasteiger partial charge in [0.2, 0.25) is 0 Å². The van der Waals surface area contributed by atoms with E-state index < -0.39 is 34.4 Å². The molecule has 0 saturated carbocycles. The standard InChI is InChI=1S/C49H46N12O11/c1-68-34-14-6-30(7-15-34)26-57-38(23-43(54-57)51-48(64)40-25-45(61(66)67)56-59(40)28-32-10-18-36(70-3)19-11-32)46(62)50-42-22-39(58(53-42)27-31-8-16-35(69-2)17-9-31)47(63)52-44-24-41(49(65)72-5)60(55-44)29-33-12-20-37(71-4)21-13-33/h6-25H,26-29H2,1-5H3,(H,50,53,62)(H,51,54,64)(H,52,55,63). The Bertz CT molecular complexity index is 3250. The molecule has 0 bridgehead atoms. The monoisotopic (exact) mass is 978 g/mol. The van der Waals surface area contributed by atoms with Crippen molar-refractivity contribution in [2.75, 3.05) is 51.5 Å². The molecule has 0 unspecified atom stereocenters. The van der Waals surface area contributed by atoms with Gasteiger partial charge in [0.1, 0.15) is 40.1 Å². The second-order valence-corrected chi connectivity index (χ2v) is 15.8. The second kappa shape index (κ2) is 21.7. The molecule has 0 atom stereocenters. The van der Waals surface area contributed by atoms with Crippen LogP contribution in [0.15, 0.2) is 121 Å². The second-order valence-electron chi connectivity index (χ2n) is 15.8. The number of aromatic nitrogens is 8. The van der Waals surface area contributed by atoms with Crippen molar-refractivity contribution in [2.24, 2.45) is 0 Å². The summed E-state index contributed by atoms with van der Waals surface area (Å²) in [5.41, 5.74) is 2.82. The third-order valence-corrected chi connectivity index (χ3v) is 11.1. The van der Waals surface area contributed by atoms with E-state index in [4.69, 9.17) is 23.7 Å². The zero-order valence-electron chi connectivity index (χ0n) is 39.4. The number of esters is 1. The Morgan fingerprint density at radius 1 is 0.444 bits per heavy atom. The molecule has 4 aromatic heterocycles. The summed E-state index contributed by atoms with van der Waals surface area (Å²) >= 11 is 0. The Labute approximate surface area is 410 Å². The SMILES string of the molecule is COC(=O)c1cc(NC(=O)c2cc(NC(=O)c3cc(NC(=O)c4cc([N+](=O)[O-])nn4Cc4ccc(OC)cc4)nn3Cc3ccc(OC)cc3)nn2Cc2ccc(OC)cc2)nn1Cc1ccc(OC)cc1. The van der Waals surface area contributed by atoms with Crippen LogP contribution < -0.4 is 34.9 Å². The van der Waals surface area contributed by atoms with Gasteiger partial charge in [-0.05, 0) is 75.7 Å². The van der Waals surface area contributed by atoms with E-state index in [2.05, 4.69) is 36.3 Å². The van der Waals surface area contributed by atoms with Crippen LogP contribution in [0.5, 0.6) is 23.0 Å². The number of nitrogens with one attached hydrogen (secondary N) is 3. The highest BCUT2D eigenvalue weighted by Crippen LogP contribution is 2.23. The molecule has 0 radical (unpaired) electrons. The third-order valence-electron chi connectivity index (χ3n) is 11.1. The van der Waals surface area contributed by atoms with Gasteiger partial charge in [-0.2, -0.15) is 20.0 Å². The molecular weight excluding hydrogens is 933 g/mol. The quantitative estimate of drug-likeness (QED) is 0.0439. The smallest absolute Gasteiger partial charge is 0.390 e. The Morgan fingerprint density at radius 3 is 1.01 bits per heavy atom. The predicted molar refractivity (Wildman–Crippen MR) is 259 cm³/mol. The van der Waals surface area contributed by atoms with Crippen LogP contribution in [-0.4, -0.2) is 103 Å². The summed E-state index contributed by atoms with van der Waals surface area (Å²) in [6.07, 6.45) is 0. The zero-order valence-corrected chi connectivity index (χ0v) is 39.4. The number of carbonyl (C=O) groups excluding carboxylic acids is 4. The van der Waals surface area contributed by atoms with E-state index in [1.165, 1.54) is 58.3 Å². The van der Waals surface area contributed by atoms with Gasteiger partial charge < -0.3 is 49.7 Å². The first-order chi connectivity index (χ1) is 34.8. The number of anilines is 3. The maximum absolute atomic E-state index is 14.4. The molecule has 3 N–H and O–H groups in total. The van der Waals surface area contributed by atoms with Crippen LogP contribution in [0.4, 0.5) is 23.3 Å². The highest BCUT2D eigenvalue weighted by Gasteiger charge is 2.27. The van der Waals surface area contributed by atoms with Gasteiger partial charge in [-0.25, -0.2) is 4.79 Å². The lowest BCUT2D eigenvalue weighted by atomic mass is 10.2. The normalized spacial score (nSPS) is 10.8. The molecule has 4 heterocycles. The summed E-state index contributed by atoms with van der Waals surface area (Å²) in [6, 6.07) is 33.3. The van der Waals surface area contributed by atoms with Crippen molar-refractivity contribution in [1.82, 2.24) is 39.1 Å². The average molecular weight is 979 g/mol. The van der Waals surface area contributed by atoms with E-state index in [1.807, 2.05) is 12.1 Å².